The van der Waals surface area contributed by atoms with Gasteiger partial charge in [-0.15, -0.1) is 11.3 Å². The van der Waals surface area contributed by atoms with Crippen molar-refractivity contribution >= 4 is 39.7 Å². The minimum Gasteiger partial charge on any atom is -0.465 e. The Balaban J connectivity index is 1.65. The van der Waals surface area contributed by atoms with E-state index < -0.39 is 11.9 Å². The van der Waals surface area contributed by atoms with Crippen molar-refractivity contribution in [2.75, 3.05) is 12.4 Å². The van der Waals surface area contributed by atoms with Crippen molar-refractivity contribution in [2.45, 2.75) is 13.0 Å². The minimum absolute atomic E-state index is 0.285. The van der Waals surface area contributed by atoms with Crippen molar-refractivity contribution in [1.82, 2.24) is 14.8 Å². The summed E-state index contributed by atoms with van der Waals surface area (Å²) in [5.41, 5.74) is 1.65. The highest BCUT2D eigenvalue weighted by Crippen LogP contribution is 2.23. The highest BCUT2D eigenvalue weighted by atomic mass is 32.1. The number of pyridine rings is 1. The molecule has 9 heteroatoms. The topological polar surface area (TPSA) is 103 Å². The molecule has 1 amide bonds. The SMILES string of the molecule is COC(=O)c1sccc1NC(=O)Cn1nc(Cc2ccncc2)c2ccccc2c1=O. The molecule has 0 saturated carbocycles. The van der Waals surface area contributed by atoms with E-state index in [1.54, 1.807) is 36.0 Å². The Morgan fingerprint density at radius 3 is 2.58 bits per heavy atom. The van der Waals surface area contributed by atoms with Gasteiger partial charge in [0.1, 0.15) is 11.4 Å². The molecule has 1 aromatic carbocycles. The molecule has 0 aliphatic carbocycles. The number of anilines is 1. The van der Waals surface area contributed by atoms with Crippen LogP contribution >= 0.6 is 11.3 Å². The molecule has 4 aromatic rings. The zero-order valence-electron chi connectivity index (χ0n) is 16.6. The van der Waals surface area contributed by atoms with Crippen LogP contribution in [0.5, 0.6) is 0 Å². The highest BCUT2D eigenvalue weighted by molar-refractivity contribution is 7.12. The molecule has 4 rings (SSSR count). The molecule has 0 bridgehead atoms. The number of esters is 1. The molecule has 3 heterocycles. The number of aromatic nitrogens is 3. The monoisotopic (exact) mass is 434 g/mol. The standard InChI is InChI=1S/C22H18N4O4S/c1-30-22(29)20-17(8-11-31-20)24-19(27)13-26-21(28)16-5-3-2-4-15(16)18(25-26)12-14-6-9-23-10-7-14/h2-11H,12-13H2,1H3,(H,24,27). The van der Waals surface area contributed by atoms with Crippen molar-refractivity contribution in [1.29, 1.82) is 0 Å². The second kappa shape index (κ2) is 8.88. The first-order valence-electron chi connectivity index (χ1n) is 9.40. The third-order valence-corrected chi connectivity index (χ3v) is 5.56. The maximum atomic E-state index is 12.9. The number of benzene rings is 1. The fourth-order valence-corrected chi connectivity index (χ4v) is 3.99. The van der Waals surface area contributed by atoms with Crippen LogP contribution < -0.4 is 10.9 Å². The Bertz CT molecular complexity index is 1310. The molecular formula is C22H18N4O4S. The van der Waals surface area contributed by atoms with E-state index in [1.165, 1.54) is 7.11 Å². The van der Waals surface area contributed by atoms with Gasteiger partial charge in [0.25, 0.3) is 5.56 Å². The van der Waals surface area contributed by atoms with Crippen LogP contribution in [-0.4, -0.2) is 33.8 Å². The number of ether oxygens (including phenoxy) is 1. The summed E-state index contributed by atoms with van der Waals surface area (Å²) < 4.78 is 5.87. The van der Waals surface area contributed by atoms with Crippen molar-refractivity contribution in [3.8, 4) is 0 Å². The summed E-state index contributed by atoms with van der Waals surface area (Å²) in [7, 11) is 1.27. The molecule has 0 aliphatic heterocycles. The lowest BCUT2D eigenvalue weighted by Crippen LogP contribution is -2.31. The largest absolute Gasteiger partial charge is 0.465 e. The molecule has 0 fully saturated rings. The highest BCUT2D eigenvalue weighted by Gasteiger charge is 2.17. The predicted molar refractivity (Wildman–Crippen MR) is 117 cm³/mol. The van der Waals surface area contributed by atoms with Gasteiger partial charge in [0.15, 0.2) is 0 Å². The molecule has 0 aliphatic rings. The van der Waals surface area contributed by atoms with E-state index in [9.17, 15) is 14.4 Å². The van der Waals surface area contributed by atoms with E-state index >= 15 is 0 Å². The van der Waals surface area contributed by atoms with E-state index in [4.69, 9.17) is 4.74 Å². The summed E-state index contributed by atoms with van der Waals surface area (Å²) in [6, 6.07) is 12.6. The van der Waals surface area contributed by atoms with Gasteiger partial charge in [0, 0.05) is 24.2 Å². The smallest absolute Gasteiger partial charge is 0.350 e. The second-order valence-corrected chi connectivity index (χ2v) is 7.61. The number of thiophene rings is 1. The third-order valence-electron chi connectivity index (χ3n) is 4.67. The van der Waals surface area contributed by atoms with Crippen molar-refractivity contribution in [3.63, 3.8) is 0 Å². The molecule has 156 valence electrons. The van der Waals surface area contributed by atoms with Crippen LogP contribution in [0.15, 0.2) is 65.0 Å². The lowest BCUT2D eigenvalue weighted by molar-refractivity contribution is -0.117. The lowest BCUT2D eigenvalue weighted by atomic mass is 10.1. The number of hydrogen-bond acceptors (Lipinski definition) is 7. The number of nitrogens with one attached hydrogen (secondary N) is 1. The number of nitrogens with zero attached hydrogens (tertiary/aromatic N) is 3. The van der Waals surface area contributed by atoms with Gasteiger partial charge in [0.05, 0.1) is 23.9 Å². The van der Waals surface area contributed by atoms with Gasteiger partial charge in [-0.2, -0.15) is 5.10 Å². The number of fused-ring (bicyclic) bond motifs is 1. The normalized spacial score (nSPS) is 10.7. The molecule has 0 spiro atoms. The fourth-order valence-electron chi connectivity index (χ4n) is 3.22. The van der Waals surface area contributed by atoms with Gasteiger partial charge in [-0.1, -0.05) is 18.2 Å². The average Bonchev–Trinajstić information content (AvgIpc) is 3.25. The summed E-state index contributed by atoms with van der Waals surface area (Å²) in [4.78, 5) is 41.7. The summed E-state index contributed by atoms with van der Waals surface area (Å²) in [6.45, 7) is -0.288. The van der Waals surface area contributed by atoms with Crippen LogP contribution in [0, 0.1) is 0 Å². The maximum absolute atomic E-state index is 12.9. The second-order valence-electron chi connectivity index (χ2n) is 6.69. The predicted octanol–water partition coefficient (Wildman–Crippen LogP) is 2.87. The number of amides is 1. The van der Waals surface area contributed by atoms with E-state index in [1.807, 2.05) is 24.3 Å². The lowest BCUT2D eigenvalue weighted by Gasteiger charge is -2.11. The molecule has 0 saturated heterocycles. The quantitative estimate of drug-likeness (QED) is 0.468. The molecule has 3 aromatic heterocycles. The van der Waals surface area contributed by atoms with Gasteiger partial charge in [0.2, 0.25) is 5.91 Å². The summed E-state index contributed by atoms with van der Waals surface area (Å²) in [6.07, 6.45) is 3.88. The van der Waals surface area contributed by atoms with E-state index in [0.29, 0.717) is 23.2 Å². The number of carbonyl (C=O) groups excluding carboxylic acids is 2. The Kier molecular flexibility index (Phi) is 5.85. The van der Waals surface area contributed by atoms with E-state index in [2.05, 4.69) is 15.4 Å². The van der Waals surface area contributed by atoms with Gasteiger partial charge >= 0.3 is 5.97 Å². The van der Waals surface area contributed by atoms with Crippen LogP contribution in [0.2, 0.25) is 0 Å². The molecule has 0 radical (unpaired) electrons. The van der Waals surface area contributed by atoms with E-state index in [0.717, 1.165) is 27.0 Å². The summed E-state index contributed by atoms with van der Waals surface area (Å²) in [5.74, 6) is -1.01. The van der Waals surface area contributed by atoms with Crippen LogP contribution in [0.25, 0.3) is 10.8 Å². The number of methoxy groups -OCH3 is 1. The first-order chi connectivity index (χ1) is 15.1. The Labute approximate surface area is 181 Å². The number of rotatable bonds is 6. The van der Waals surface area contributed by atoms with Gasteiger partial charge in [-0.05, 0) is 35.2 Å². The van der Waals surface area contributed by atoms with Gasteiger partial charge in [-0.3, -0.25) is 14.6 Å². The first kappa shape index (κ1) is 20.4. The Hall–Kier alpha value is -3.85. The Morgan fingerprint density at radius 1 is 1.10 bits per heavy atom. The third kappa shape index (κ3) is 4.36. The van der Waals surface area contributed by atoms with Crippen LogP contribution in [0.3, 0.4) is 0 Å². The van der Waals surface area contributed by atoms with Crippen molar-refractivity contribution in [3.05, 3.63) is 86.7 Å². The molecule has 1 N–H and O–H groups in total. The maximum Gasteiger partial charge on any atom is 0.350 e. The number of carbonyl (C=O) groups is 2. The zero-order valence-corrected chi connectivity index (χ0v) is 17.4. The molecule has 0 atom stereocenters. The summed E-state index contributed by atoms with van der Waals surface area (Å²) in [5, 5.41) is 10.0. The van der Waals surface area contributed by atoms with Gasteiger partial charge < -0.3 is 10.1 Å². The van der Waals surface area contributed by atoms with Crippen LogP contribution in [0.4, 0.5) is 5.69 Å². The molecule has 8 nitrogen and oxygen atoms in total. The summed E-state index contributed by atoms with van der Waals surface area (Å²) >= 11 is 1.16. The zero-order chi connectivity index (χ0) is 21.8. The average molecular weight is 434 g/mol. The fraction of sp³-hybridized carbons (Fsp3) is 0.136. The number of hydrogen-bond donors (Lipinski definition) is 1. The molecule has 0 unspecified atom stereocenters. The van der Waals surface area contributed by atoms with E-state index in [-0.39, 0.29) is 17.0 Å². The van der Waals surface area contributed by atoms with Gasteiger partial charge in [-0.25, -0.2) is 9.48 Å². The van der Waals surface area contributed by atoms with Crippen LogP contribution in [-0.2, 0) is 22.5 Å². The molecule has 31 heavy (non-hydrogen) atoms. The minimum atomic E-state index is -0.536. The first-order valence-corrected chi connectivity index (χ1v) is 10.3. The Morgan fingerprint density at radius 2 is 1.84 bits per heavy atom. The van der Waals surface area contributed by atoms with Crippen molar-refractivity contribution < 1.29 is 14.3 Å². The van der Waals surface area contributed by atoms with Crippen molar-refractivity contribution in [2.24, 2.45) is 0 Å². The van der Waals surface area contributed by atoms with Crippen LogP contribution in [0.1, 0.15) is 20.9 Å². The molecular weight excluding hydrogens is 416 g/mol.